The van der Waals surface area contributed by atoms with Gasteiger partial charge in [0.2, 0.25) is 0 Å². The molecule has 0 amide bonds. The van der Waals surface area contributed by atoms with E-state index in [9.17, 15) is 0 Å². The molecule has 0 saturated heterocycles. The summed E-state index contributed by atoms with van der Waals surface area (Å²) >= 11 is 0. The Morgan fingerprint density at radius 3 is 3.00 bits per heavy atom. The molecular weight excluding hydrogens is 88.1 g/mol. The minimum atomic E-state index is 0.580. The second-order valence-corrected chi connectivity index (χ2v) is 1.29. The maximum absolute atomic E-state index is 8.17. The number of rotatable bonds is 0. The zero-order valence-corrected chi connectivity index (χ0v) is 3.76. The largest absolute Gasteiger partial charge is 0.288 e. The van der Waals surface area contributed by atoms with E-state index in [4.69, 9.17) is 5.26 Å². The molecule has 0 unspecified atom stereocenters. The quantitative estimate of drug-likeness (QED) is 0.429. The zero-order valence-electron chi connectivity index (χ0n) is 3.76. The van der Waals surface area contributed by atoms with E-state index in [0.29, 0.717) is 6.54 Å². The van der Waals surface area contributed by atoms with Crippen LogP contribution in [0.4, 0.5) is 0 Å². The number of hydrogen-bond acceptors (Lipinski definition) is 2. The SMILES string of the molecule is N#CC1=CC=NC1. The van der Waals surface area contributed by atoms with Gasteiger partial charge in [-0.05, 0) is 6.08 Å². The maximum Gasteiger partial charge on any atom is 0.0967 e. The van der Waals surface area contributed by atoms with Crippen LogP contribution in [0, 0.1) is 11.3 Å². The summed E-state index contributed by atoms with van der Waals surface area (Å²) in [7, 11) is 0. The predicted molar refractivity (Wildman–Crippen MR) is 27.1 cm³/mol. The Morgan fingerprint density at radius 2 is 2.71 bits per heavy atom. The second-order valence-electron chi connectivity index (χ2n) is 1.29. The third-order valence-corrected chi connectivity index (χ3v) is 0.786. The second kappa shape index (κ2) is 1.57. The van der Waals surface area contributed by atoms with Crippen molar-refractivity contribution in [2.24, 2.45) is 4.99 Å². The molecule has 0 aromatic rings. The van der Waals surface area contributed by atoms with Crippen molar-refractivity contribution >= 4 is 6.21 Å². The van der Waals surface area contributed by atoms with Gasteiger partial charge >= 0.3 is 0 Å². The smallest absolute Gasteiger partial charge is 0.0967 e. The summed E-state index contributed by atoms with van der Waals surface area (Å²) in [6.07, 6.45) is 3.37. The molecular formula is C5H4N2. The average molecular weight is 92.1 g/mol. The van der Waals surface area contributed by atoms with E-state index in [2.05, 4.69) is 4.99 Å². The summed E-state index contributed by atoms with van der Waals surface area (Å²) in [6.45, 7) is 0.580. The van der Waals surface area contributed by atoms with Crippen LogP contribution in [0.1, 0.15) is 0 Å². The normalized spacial score (nSPS) is 16.1. The van der Waals surface area contributed by atoms with Gasteiger partial charge in [0.25, 0.3) is 0 Å². The molecule has 2 nitrogen and oxygen atoms in total. The molecule has 1 rings (SSSR count). The minimum absolute atomic E-state index is 0.580. The van der Waals surface area contributed by atoms with Crippen LogP contribution in [0.15, 0.2) is 16.6 Å². The Labute approximate surface area is 41.8 Å². The highest BCUT2D eigenvalue weighted by molar-refractivity contribution is 5.76. The highest BCUT2D eigenvalue weighted by Gasteiger charge is 1.93. The van der Waals surface area contributed by atoms with Gasteiger partial charge in [0.15, 0.2) is 0 Å². The van der Waals surface area contributed by atoms with Gasteiger partial charge in [0.05, 0.1) is 18.2 Å². The number of nitrogens with zero attached hydrogens (tertiary/aromatic N) is 2. The first-order chi connectivity index (χ1) is 3.43. The fourth-order valence-electron chi connectivity index (χ4n) is 0.419. The summed E-state index contributed by atoms with van der Waals surface area (Å²) in [4.78, 5) is 3.80. The van der Waals surface area contributed by atoms with Gasteiger partial charge < -0.3 is 0 Å². The van der Waals surface area contributed by atoms with E-state index in [1.807, 2.05) is 6.07 Å². The lowest BCUT2D eigenvalue weighted by molar-refractivity contribution is 1.23. The molecule has 0 atom stereocenters. The van der Waals surface area contributed by atoms with Gasteiger partial charge in [0.1, 0.15) is 0 Å². The van der Waals surface area contributed by atoms with Crippen LogP contribution in [0.25, 0.3) is 0 Å². The third kappa shape index (κ3) is 0.660. The molecule has 0 fully saturated rings. The van der Waals surface area contributed by atoms with Crippen molar-refractivity contribution in [1.29, 1.82) is 5.26 Å². The Bertz CT molecular complexity index is 159. The summed E-state index contributed by atoms with van der Waals surface area (Å²) < 4.78 is 0. The molecule has 0 aromatic heterocycles. The third-order valence-electron chi connectivity index (χ3n) is 0.786. The summed E-state index contributed by atoms with van der Waals surface area (Å²) in [6, 6.07) is 2.00. The van der Waals surface area contributed by atoms with Crippen molar-refractivity contribution in [2.75, 3.05) is 6.54 Å². The molecule has 0 saturated carbocycles. The van der Waals surface area contributed by atoms with Crippen molar-refractivity contribution in [1.82, 2.24) is 0 Å². The number of aliphatic imine (C=N–C) groups is 1. The lowest BCUT2D eigenvalue weighted by Crippen LogP contribution is -1.74. The van der Waals surface area contributed by atoms with Crippen LogP contribution in [-0.2, 0) is 0 Å². The standard InChI is InChI=1S/C5H4N2/c6-3-5-1-2-7-4-5/h1-2H,4H2. The van der Waals surface area contributed by atoms with Crippen LogP contribution in [0.3, 0.4) is 0 Å². The molecule has 0 aromatic carbocycles. The fourth-order valence-corrected chi connectivity index (χ4v) is 0.419. The first-order valence-corrected chi connectivity index (χ1v) is 2.02. The summed E-state index contributed by atoms with van der Waals surface area (Å²) in [5.41, 5.74) is 0.750. The molecule has 0 aliphatic carbocycles. The Balaban J connectivity index is 2.67. The van der Waals surface area contributed by atoms with E-state index in [1.165, 1.54) is 0 Å². The van der Waals surface area contributed by atoms with E-state index in [-0.39, 0.29) is 0 Å². The molecule has 0 bridgehead atoms. The Hall–Kier alpha value is -1.10. The monoisotopic (exact) mass is 92.0 g/mol. The van der Waals surface area contributed by atoms with Gasteiger partial charge in [-0.15, -0.1) is 0 Å². The zero-order chi connectivity index (χ0) is 5.11. The van der Waals surface area contributed by atoms with Crippen LogP contribution < -0.4 is 0 Å². The van der Waals surface area contributed by atoms with Gasteiger partial charge in [-0.2, -0.15) is 5.26 Å². The number of hydrogen-bond donors (Lipinski definition) is 0. The molecule has 1 aliphatic rings. The molecule has 2 heteroatoms. The molecule has 0 N–H and O–H groups in total. The average Bonchev–Trinajstić information content (AvgIpc) is 2.14. The number of allylic oxidation sites excluding steroid dienone is 1. The molecule has 34 valence electrons. The molecule has 7 heavy (non-hydrogen) atoms. The van der Waals surface area contributed by atoms with Crippen molar-refractivity contribution in [3.8, 4) is 6.07 Å². The highest BCUT2D eigenvalue weighted by Crippen LogP contribution is 1.95. The van der Waals surface area contributed by atoms with Gasteiger partial charge in [-0.3, -0.25) is 4.99 Å². The molecule has 1 aliphatic heterocycles. The topological polar surface area (TPSA) is 36.1 Å². The number of nitriles is 1. The first-order valence-electron chi connectivity index (χ1n) is 2.02. The summed E-state index contributed by atoms with van der Waals surface area (Å²) in [5, 5.41) is 8.17. The Morgan fingerprint density at radius 1 is 1.86 bits per heavy atom. The van der Waals surface area contributed by atoms with E-state index >= 15 is 0 Å². The minimum Gasteiger partial charge on any atom is -0.288 e. The van der Waals surface area contributed by atoms with Crippen molar-refractivity contribution < 1.29 is 0 Å². The predicted octanol–water partition coefficient (Wildman–Crippen LogP) is 0.521. The molecule has 0 radical (unpaired) electrons. The first kappa shape index (κ1) is 4.07. The van der Waals surface area contributed by atoms with Crippen LogP contribution >= 0.6 is 0 Å². The van der Waals surface area contributed by atoms with Crippen molar-refractivity contribution in [3.63, 3.8) is 0 Å². The molecule has 0 spiro atoms. The van der Waals surface area contributed by atoms with Gasteiger partial charge in [-0.25, -0.2) is 0 Å². The fraction of sp³-hybridized carbons (Fsp3) is 0.200. The lowest BCUT2D eigenvalue weighted by Gasteiger charge is -1.74. The highest BCUT2D eigenvalue weighted by atomic mass is 14.7. The van der Waals surface area contributed by atoms with Gasteiger partial charge in [-0.1, -0.05) is 0 Å². The van der Waals surface area contributed by atoms with Gasteiger partial charge in [0, 0.05) is 6.21 Å². The van der Waals surface area contributed by atoms with Crippen molar-refractivity contribution in [3.05, 3.63) is 11.6 Å². The molecule has 1 heterocycles. The van der Waals surface area contributed by atoms with Crippen LogP contribution in [0.2, 0.25) is 0 Å². The lowest BCUT2D eigenvalue weighted by atomic mass is 10.3. The summed E-state index contributed by atoms with van der Waals surface area (Å²) in [5.74, 6) is 0. The van der Waals surface area contributed by atoms with Crippen LogP contribution in [-0.4, -0.2) is 12.8 Å². The maximum atomic E-state index is 8.17. The van der Waals surface area contributed by atoms with E-state index in [1.54, 1.807) is 12.3 Å². The van der Waals surface area contributed by atoms with E-state index in [0.717, 1.165) is 5.57 Å². The van der Waals surface area contributed by atoms with E-state index < -0.39 is 0 Å². The Kier molecular flexibility index (Phi) is 0.910. The van der Waals surface area contributed by atoms with Crippen LogP contribution in [0.5, 0.6) is 0 Å². The van der Waals surface area contributed by atoms with Crippen molar-refractivity contribution in [2.45, 2.75) is 0 Å².